The Hall–Kier alpha value is -1.49. The summed E-state index contributed by atoms with van der Waals surface area (Å²) in [5.41, 5.74) is 2.01. The predicted octanol–water partition coefficient (Wildman–Crippen LogP) is 3.27. The fraction of sp³-hybridized carbons (Fsp3) is 0.600. The summed E-state index contributed by atoms with van der Waals surface area (Å²) in [4.78, 5) is 24.1. The monoisotopic (exact) mass is 359 g/mol. The molecular weight excluding hydrogens is 334 g/mol. The van der Waals surface area contributed by atoms with Gasteiger partial charge >= 0.3 is 5.97 Å². The van der Waals surface area contributed by atoms with Gasteiger partial charge in [0, 0.05) is 10.8 Å². The topological polar surface area (TPSA) is 66.4 Å². The highest BCUT2D eigenvalue weighted by atomic mass is 32.2. The molecule has 2 N–H and O–H groups in total. The molecule has 1 aromatic carbocycles. The Morgan fingerprint density at radius 1 is 1.24 bits per heavy atom. The van der Waals surface area contributed by atoms with Gasteiger partial charge in [0.25, 0.3) is 0 Å². The number of nitrogens with one attached hydrogen (secondary N) is 1. The number of amides is 1. The molecule has 1 unspecified atom stereocenters. The maximum Gasteiger partial charge on any atom is 0.306 e. The minimum atomic E-state index is -0.672. The van der Waals surface area contributed by atoms with E-state index in [1.165, 1.54) is 5.56 Å². The van der Waals surface area contributed by atoms with Gasteiger partial charge in [-0.25, -0.2) is 0 Å². The lowest BCUT2D eigenvalue weighted by molar-refractivity contribution is -0.145. The Balaban J connectivity index is 1.41. The van der Waals surface area contributed by atoms with E-state index in [-0.39, 0.29) is 28.0 Å². The van der Waals surface area contributed by atoms with Crippen LogP contribution in [-0.4, -0.2) is 33.5 Å². The molecule has 25 heavy (non-hydrogen) atoms. The normalized spacial score (nSPS) is 32.7. The number of hydrogen-bond donors (Lipinski definition) is 2. The van der Waals surface area contributed by atoms with Gasteiger partial charge < -0.3 is 10.4 Å². The molecule has 5 heteroatoms. The van der Waals surface area contributed by atoms with Crippen molar-refractivity contribution in [2.45, 2.75) is 61.7 Å². The third-order valence-corrected chi connectivity index (χ3v) is 7.72. The molecule has 3 fully saturated rings. The molecular formula is C20H25NO3S. The molecule has 4 nitrogen and oxygen atoms in total. The molecule has 4 rings (SSSR count). The molecule has 0 bridgehead atoms. The summed E-state index contributed by atoms with van der Waals surface area (Å²) in [5, 5.41) is 12.5. The summed E-state index contributed by atoms with van der Waals surface area (Å²) in [6, 6.07) is 8.49. The lowest BCUT2D eigenvalue weighted by Gasteiger charge is -2.50. The van der Waals surface area contributed by atoms with Crippen LogP contribution >= 0.6 is 11.8 Å². The minimum Gasteiger partial charge on any atom is -0.481 e. The van der Waals surface area contributed by atoms with Crippen LogP contribution in [0.2, 0.25) is 0 Å². The van der Waals surface area contributed by atoms with Gasteiger partial charge in [-0.05, 0) is 56.8 Å². The molecule has 1 spiro atoms. The van der Waals surface area contributed by atoms with Crippen molar-refractivity contribution in [3.05, 3.63) is 35.4 Å². The number of aliphatic carboxylic acids is 1. The Morgan fingerprint density at radius 2 is 2.00 bits per heavy atom. The molecule has 1 atom stereocenters. The summed E-state index contributed by atoms with van der Waals surface area (Å²) in [5.74, 6) is 0.311. The minimum absolute atomic E-state index is 0.0826. The Kier molecular flexibility index (Phi) is 4.10. The fourth-order valence-electron chi connectivity index (χ4n) is 4.49. The zero-order valence-corrected chi connectivity index (χ0v) is 15.4. The van der Waals surface area contributed by atoms with E-state index in [1.807, 2.05) is 17.8 Å². The number of hydrogen-bond acceptors (Lipinski definition) is 3. The van der Waals surface area contributed by atoms with E-state index in [4.69, 9.17) is 5.11 Å². The van der Waals surface area contributed by atoms with Crippen molar-refractivity contribution < 1.29 is 14.7 Å². The first-order valence-corrected chi connectivity index (χ1v) is 10.2. The molecule has 1 saturated heterocycles. The number of benzene rings is 1. The quantitative estimate of drug-likeness (QED) is 0.866. The Morgan fingerprint density at radius 3 is 2.64 bits per heavy atom. The van der Waals surface area contributed by atoms with Crippen LogP contribution < -0.4 is 5.32 Å². The van der Waals surface area contributed by atoms with Crippen LogP contribution in [0.4, 0.5) is 0 Å². The number of carboxylic acids is 1. The Labute approximate surface area is 152 Å². The highest BCUT2D eigenvalue weighted by Gasteiger charge is 2.54. The van der Waals surface area contributed by atoms with E-state index in [9.17, 15) is 9.59 Å². The zero-order valence-electron chi connectivity index (χ0n) is 14.6. The first kappa shape index (κ1) is 17.0. The van der Waals surface area contributed by atoms with E-state index < -0.39 is 5.97 Å². The van der Waals surface area contributed by atoms with E-state index in [0.29, 0.717) is 0 Å². The largest absolute Gasteiger partial charge is 0.481 e. The number of thioether (sulfide) groups is 1. The van der Waals surface area contributed by atoms with Gasteiger partial charge in [0.1, 0.15) is 0 Å². The predicted molar refractivity (Wildman–Crippen MR) is 98.8 cm³/mol. The molecule has 1 aromatic rings. The fourth-order valence-corrected chi connectivity index (χ4v) is 6.28. The molecule has 1 heterocycles. The lowest BCUT2D eigenvalue weighted by Crippen LogP contribution is -2.53. The number of carbonyl (C=O) groups excluding carboxylic acids is 1. The van der Waals surface area contributed by atoms with Gasteiger partial charge in [-0.1, -0.05) is 29.8 Å². The van der Waals surface area contributed by atoms with Gasteiger partial charge in [0.15, 0.2) is 0 Å². The standard InChI is InChI=1S/C20H25NO3S/c1-13-3-2-4-15(9-13)20(6-7-20)18(24)21-16-5-8-25-19(12-16)10-14(11-19)17(22)23/h2-4,9,14,16H,5-8,10-12H2,1H3,(H,21,24)(H,22,23). The molecule has 134 valence electrons. The highest BCUT2D eigenvalue weighted by molar-refractivity contribution is 8.00. The van der Waals surface area contributed by atoms with Crippen LogP contribution in [-0.2, 0) is 15.0 Å². The second-order valence-electron chi connectivity index (χ2n) is 8.09. The molecule has 1 amide bonds. The van der Waals surface area contributed by atoms with E-state index in [1.54, 1.807) is 0 Å². The van der Waals surface area contributed by atoms with Crippen LogP contribution in [0.3, 0.4) is 0 Å². The summed E-state index contributed by atoms with van der Waals surface area (Å²) in [7, 11) is 0. The van der Waals surface area contributed by atoms with Crippen LogP contribution in [0.1, 0.15) is 49.7 Å². The number of aryl methyl sites for hydroxylation is 1. The number of rotatable bonds is 4. The van der Waals surface area contributed by atoms with Gasteiger partial charge in [-0.2, -0.15) is 11.8 Å². The molecule has 1 aliphatic heterocycles. The van der Waals surface area contributed by atoms with Gasteiger partial charge in [-0.3, -0.25) is 9.59 Å². The molecule has 2 saturated carbocycles. The molecule has 2 aliphatic carbocycles. The van der Waals surface area contributed by atoms with Crippen molar-refractivity contribution in [3.8, 4) is 0 Å². The van der Waals surface area contributed by atoms with E-state index in [2.05, 4.69) is 30.4 Å². The van der Waals surface area contributed by atoms with Crippen molar-refractivity contribution >= 4 is 23.6 Å². The average molecular weight is 359 g/mol. The van der Waals surface area contributed by atoms with Crippen molar-refractivity contribution in [2.24, 2.45) is 5.92 Å². The maximum absolute atomic E-state index is 13.0. The van der Waals surface area contributed by atoms with Crippen molar-refractivity contribution in [2.75, 3.05) is 5.75 Å². The van der Waals surface area contributed by atoms with Crippen molar-refractivity contribution in [1.29, 1.82) is 0 Å². The van der Waals surface area contributed by atoms with Gasteiger partial charge in [-0.15, -0.1) is 0 Å². The van der Waals surface area contributed by atoms with Crippen LogP contribution in [0.5, 0.6) is 0 Å². The molecule has 3 aliphatic rings. The molecule has 0 aromatic heterocycles. The van der Waals surface area contributed by atoms with Gasteiger partial charge in [0.2, 0.25) is 5.91 Å². The first-order valence-electron chi connectivity index (χ1n) is 9.17. The maximum atomic E-state index is 13.0. The zero-order chi connectivity index (χ0) is 17.7. The molecule has 0 radical (unpaired) electrons. The first-order chi connectivity index (χ1) is 11.9. The number of carbonyl (C=O) groups is 2. The van der Waals surface area contributed by atoms with Crippen molar-refractivity contribution in [3.63, 3.8) is 0 Å². The SMILES string of the molecule is Cc1cccc(C2(C(=O)NC3CCSC4(C3)CC(C(=O)O)C4)CC2)c1. The van der Waals surface area contributed by atoms with Crippen LogP contribution in [0.25, 0.3) is 0 Å². The van der Waals surface area contributed by atoms with Crippen LogP contribution in [0.15, 0.2) is 24.3 Å². The summed E-state index contributed by atoms with van der Waals surface area (Å²) < 4.78 is 0.0826. The van der Waals surface area contributed by atoms with Gasteiger partial charge in [0.05, 0.1) is 11.3 Å². The summed E-state index contributed by atoms with van der Waals surface area (Å²) >= 11 is 1.91. The highest BCUT2D eigenvalue weighted by Crippen LogP contribution is 2.54. The smallest absolute Gasteiger partial charge is 0.306 e. The summed E-state index contributed by atoms with van der Waals surface area (Å²) in [6.07, 6.45) is 5.26. The Bertz CT molecular complexity index is 707. The average Bonchev–Trinajstić information content (AvgIpc) is 3.34. The second-order valence-corrected chi connectivity index (χ2v) is 9.65. The van der Waals surface area contributed by atoms with E-state index in [0.717, 1.165) is 49.8 Å². The lowest BCUT2D eigenvalue weighted by atomic mass is 9.70. The van der Waals surface area contributed by atoms with Crippen molar-refractivity contribution in [1.82, 2.24) is 5.32 Å². The number of carboxylic acid groups (broad SMARTS) is 1. The second kappa shape index (κ2) is 6.04. The van der Waals surface area contributed by atoms with E-state index >= 15 is 0 Å². The van der Waals surface area contributed by atoms with Crippen LogP contribution in [0, 0.1) is 12.8 Å². The third-order valence-electron chi connectivity index (χ3n) is 6.17. The summed E-state index contributed by atoms with van der Waals surface area (Å²) in [6.45, 7) is 2.06. The third kappa shape index (κ3) is 3.07.